The first-order valence-corrected chi connectivity index (χ1v) is 11.3. The molecule has 0 aliphatic heterocycles. The van der Waals surface area contributed by atoms with E-state index >= 15 is 0 Å². The third kappa shape index (κ3) is 5.13. The zero-order valence-corrected chi connectivity index (χ0v) is 19.5. The van der Waals surface area contributed by atoms with Gasteiger partial charge in [0.05, 0.1) is 16.8 Å². The maximum Gasteiger partial charge on any atom is 0.411 e. The van der Waals surface area contributed by atoms with Crippen LogP contribution in [0.2, 0.25) is 5.02 Å². The molecular weight excluding hydrogens is 472 g/mol. The maximum absolute atomic E-state index is 12.5. The Morgan fingerprint density at radius 2 is 1.60 bits per heavy atom. The van der Waals surface area contributed by atoms with Gasteiger partial charge in [-0.05, 0) is 47.4 Å². The highest BCUT2D eigenvalue weighted by Crippen LogP contribution is 2.44. The summed E-state index contributed by atoms with van der Waals surface area (Å²) in [5.74, 6) is -2.19. The number of halogens is 1. The predicted octanol–water partition coefficient (Wildman–Crippen LogP) is 4.26. The summed E-state index contributed by atoms with van der Waals surface area (Å²) in [6.07, 6.45) is -1.99. The Hall–Kier alpha value is -3.88. The van der Waals surface area contributed by atoms with Crippen molar-refractivity contribution in [2.45, 2.75) is 25.0 Å². The first kappa shape index (κ1) is 24.3. The standard InChI is InChI=1S/C26H23ClN2O6/c1-14(30)23(25(32)33)29-24(31)15-10-11-22(21(27)12-15)28-26(34)35-13-20-18-8-4-2-6-16(18)17-7-3-5-9-19(17)20/h2-12,14,20,23,30H,13H2,1H3,(H,28,34)(H,29,31)(H,32,33)/t14-,23+/m1/s1. The Bertz CT molecular complexity index is 1250. The van der Waals surface area contributed by atoms with Gasteiger partial charge in [0.25, 0.3) is 5.91 Å². The van der Waals surface area contributed by atoms with Gasteiger partial charge in [-0.2, -0.15) is 0 Å². The van der Waals surface area contributed by atoms with E-state index < -0.39 is 30.1 Å². The van der Waals surface area contributed by atoms with Crippen molar-refractivity contribution < 1.29 is 29.3 Å². The molecule has 0 radical (unpaired) electrons. The molecule has 0 saturated heterocycles. The number of carbonyl (C=O) groups is 3. The van der Waals surface area contributed by atoms with E-state index in [0.29, 0.717) is 0 Å². The molecule has 0 aromatic heterocycles. The number of amides is 2. The highest BCUT2D eigenvalue weighted by molar-refractivity contribution is 6.34. The molecule has 0 spiro atoms. The van der Waals surface area contributed by atoms with Gasteiger partial charge in [0.15, 0.2) is 6.04 Å². The molecule has 3 aromatic carbocycles. The lowest BCUT2D eigenvalue weighted by molar-refractivity contribution is -0.141. The molecule has 0 unspecified atom stereocenters. The highest BCUT2D eigenvalue weighted by Gasteiger charge is 2.29. The van der Waals surface area contributed by atoms with E-state index in [1.54, 1.807) is 0 Å². The lowest BCUT2D eigenvalue weighted by Crippen LogP contribution is -2.47. The molecule has 4 N–H and O–H groups in total. The van der Waals surface area contributed by atoms with E-state index in [2.05, 4.69) is 10.6 Å². The molecule has 2 atom stereocenters. The average molecular weight is 495 g/mol. The van der Waals surface area contributed by atoms with Crippen molar-refractivity contribution in [3.05, 3.63) is 88.4 Å². The molecule has 2 amide bonds. The van der Waals surface area contributed by atoms with E-state index in [0.717, 1.165) is 22.3 Å². The van der Waals surface area contributed by atoms with Crippen LogP contribution in [-0.4, -0.2) is 46.9 Å². The van der Waals surface area contributed by atoms with Gasteiger partial charge >= 0.3 is 12.1 Å². The summed E-state index contributed by atoms with van der Waals surface area (Å²) in [7, 11) is 0. The van der Waals surface area contributed by atoms with Crippen molar-refractivity contribution in [2.75, 3.05) is 11.9 Å². The van der Waals surface area contributed by atoms with Crippen LogP contribution in [0.4, 0.5) is 10.5 Å². The number of benzene rings is 3. The first-order chi connectivity index (χ1) is 16.8. The van der Waals surface area contributed by atoms with E-state index in [9.17, 15) is 19.5 Å². The van der Waals surface area contributed by atoms with E-state index in [-0.39, 0.29) is 28.8 Å². The second kappa shape index (κ2) is 10.2. The van der Waals surface area contributed by atoms with Gasteiger partial charge in [-0.1, -0.05) is 60.1 Å². The smallest absolute Gasteiger partial charge is 0.411 e. The fraction of sp³-hybridized carbons (Fsp3) is 0.192. The van der Waals surface area contributed by atoms with Crippen LogP contribution in [-0.2, 0) is 9.53 Å². The van der Waals surface area contributed by atoms with Gasteiger partial charge in [-0.15, -0.1) is 0 Å². The summed E-state index contributed by atoms with van der Waals surface area (Å²) >= 11 is 6.22. The number of rotatable bonds is 7. The highest BCUT2D eigenvalue weighted by atomic mass is 35.5. The minimum atomic E-state index is -1.47. The van der Waals surface area contributed by atoms with Crippen LogP contribution >= 0.6 is 11.6 Å². The Labute approximate surface area is 206 Å². The van der Waals surface area contributed by atoms with Crippen molar-refractivity contribution in [3.63, 3.8) is 0 Å². The van der Waals surface area contributed by atoms with Gasteiger partial charge in [0.1, 0.15) is 6.61 Å². The third-order valence-corrected chi connectivity index (χ3v) is 6.16. The normalized spacial score (nSPS) is 13.8. The lowest BCUT2D eigenvalue weighted by Gasteiger charge is -2.17. The van der Waals surface area contributed by atoms with Crippen LogP contribution in [0.3, 0.4) is 0 Å². The largest absolute Gasteiger partial charge is 0.480 e. The molecule has 4 rings (SSSR count). The number of hydrogen-bond donors (Lipinski definition) is 4. The fourth-order valence-electron chi connectivity index (χ4n) is 4.12. The number of aliphatic hydroxyl groups excluding tert-OH is 1. The summed E-state index contributed by atoms with van der Waals surface area (Å²) in [5, 5.41) is 23.5. The Kier molecular flexibility index (Phi) is 7.04. The van der Waals surface area contributed by atoms with E-state index in [1.807, 2.05) is 48.5 Å². The number of nitrogens with one attached hydrogen (secondary N) is 2. The second-order valence-corrected chi connectivity index (χ2v) is 8.58. The van der Waals surface area contributed by atoms with Crippen molar-refractivity contribution in [2.24, 2.45) is 0 Å². The van der Waals surface area contributed by atoms with Gasteiger partial charge in [0.2, 0.25) is 0 Å². The van der Waals surface area contributed by atoms with Crippen molar-refractivity contribution in [3.8, 4) is 11.1 Å². The van der Waals surface area contributed by atoms with Crippen molar-refractivity contribution in [1.29, 1.82) is 0 Å². The topological polar surface area (TPSA) is 125 Å². The molecule has 8 nitrogen and oxygen atoms in total. The second-order valence-electron chi connectivity index (χ2n) is 8.18. The summed E-state index contributed by atoms with van der Waals surface area (Å²) in [6, 6.07) is 18.6. The Balaban J connectivity index is 1.40. The third-order valence-electron chi connectivity index (χ3n) is 5.85. The van der Waals surface area contributed by atoms with Gasteiger partial charge in [-0.3, -0.25) is 10.1 Å². The number of aliphatic carboxylic acids is 1. The summed E-state index contributed by atoms with van der Waals surface area (Å²) in [5.41, 5.74) is 4.72. The van der Waals surface area contributed by atoms with Gasteiger partial charge < -0.3 is 20.3 Å². The van der Waals surface area contributed by atoms with Crippen LogP contribution in [0.25, 0.3) is 11.1 Å². The Morgan fingerprint density at radius 3 is 2.14 bits per heavy atom. The molecular formula is C26H23ClN2O6. The zero-order chi connectivity index (χ0) is 25.1. The molecule has 0 saturated carbocycles. The lowest BCUT2D eigenvalue weighted by atomic mass is 9.98. The molecule has 1 aliphatic rings. The van der Waals surface area contributed by atoms with Crippen LogP contribution in [0, 0.1) is 0 Å². The molecule has 0 heterocycles. The summed E-state index contributed by atoms with van der Waals surface area (Å²) in [4.78, 5) is 36.0. The maximum atomic E-state index is 12.5. The molecule has 0 bridgehead atoms. The number of hydrogen-bond acceptors (Lipinski definition) is 5. The first-order valence-electron chi connectivity index (χ1n) is 10.9. The van der Waals surface area contributed by atoms with Crippen LogP contribution < -0.4 is 10.6 Å². The fourth-order valence-corrected chi connectivity index (χ4v) is 4.34. The number of carbonyl (C=O) groups excluding carboxylic acids is 2. The molecule has 1 aliphatic carbocycles. The van der Waals surface area contributed by atoms with Crippen molar-refractivity contribution in [1.82, 2.24) is 5.32 Å². The average Bonchev–Trinajstić information content (AvgIpc) is 3.15. The predicted molar refractivity (Wildman–Crippen MR) is 131 cm³/mol. The number of carboxylic acid groups (broad SMARTS) is 1. The molecule has 35 heavy (non-hydrogen) atoms. The minimum absolute atomic E-state index is 0.0649. The molecule has 3 aromatic rings. The van der Waals surface area contributed by atoms with Crippen molar-refractivity contribution >= 4 is 35.3 Å². The number of aliphatic hydroxyl groups is 1. The quantitative estimate of drug-likeness (QED) is 0.389. The summed E-state index contributed by atoms with van der Waals surface area (Å²) < 4.78 is 5.50. The zero-order valence-electron chi connectivity index (χ0n) is 18.7. The SMILES string of the molecule is C[C@@H](O)[C@H](NC(=O)c1ccc(NC(=O)OCC2c3ccccc3-c3ccccc32)c(Cl)c1)C(=O)O. The van der Waals surface area contributed by atoms with Gasteiger partial charge in [0, 0.05) is 11.5 Å². The van der Waals surface area contributed by atoms with Gasteiger partial charge in [-0.25, -0.2) is 9.59 Å². The van der Waals surface area contributed by atoms with Crippen LogP contribution in [0.5, 0.6) is 0 Å². The van der Waals surface area contributed by atoms with Crippen LogP contribution in [0.15, 0.2) is 66.7 Å². The molecule has 0 fully saturated rings. The van der Waals surface area contributed by atoms with E-state index in [4.69, 9.17) is 21.4 Å². The minimum Gasteiger partial charge on any atom is -0.480 e. The van der Waals surface area contributed by atoms with E-state index in [1.165, 1.54) is 25.1 Å². The number of anilines is 1. The monoisotopic (exact) mass is 494 g/mol. The summed E-state index contributed by atoms with van der Waals surface area (Å²) in [6.45, 7) is 1.39. The van der Waals surface area contributed by atoms with Crippen LogP contribution in [0.1, 0.15) is 34.3 Å². The molecule has 180 valence electrons. The number of carboxylic acids is 1. The Morgan fingerprint density at radius 1 is 1.00 bits per heavy atom. The molecule has 9 heteroatoms. The number of fused-ring (bicyclic) bond motifs is 3. The number of ether oxygens (including phenoxy) is 1.